The topological polar surface area (TPSA) is 74.7 Å². The Morgan fingerprint density at radius 3 is 2.64 bits per heavy atom. The number of nitrogens with one attached hydrogen (secondary N) is 1. The van der Waals surface area contributed by atoms with Gasteiger partial charge >= 0.3 is 12.2 Å². The van der Waals surface area contributed by atoms with Gasteiger partial charge in [-0.3, -0.25) is 5.32 Å². The molecule has 1 heterocycles. The summed E-state index contributed by atoms with van der Waals surface area (Å²) in [6.45, 7) is 0.297. The van der Waals surface area contributed by atoms with E-state index in [1.165, 1.54) is 19.1 Å². The molecule has 2 N–H and O–H groups in total. The molecular weight excluding hydrogens is 389 g/mol. The van der Waals surface area contributed by atoms with Crippen molar-refractivity contribution in [2.45, 2.75) is 19.2 Å². The maximum Gasteiger partial charge on any atom is 0.416 e. The number of likely N-dealkylation sites (N-methyl/N-ethyl adjacent to an activating group) is 1. The molecular formula is C17H16F5N3O3. The third-order valence-corrected chi connectivity index (χ3v) is 3.52. The summed E-state index contributed by atoms with van der Waals surface area (Å²) >= 11 is 0. The van der Waals surface area contributed by atoms with Gasteiger partial charge in [0.25, 0.3) is 0 Å². The maximum atomic E-state index is 13.9. The monoisotopic (exact) mass is 405 g/mol. The van der Waals surface area contributed by atoms with E-state index >= 15 is 0 Å². The van der Waals surface area contributed by atoms with E-state index in [4.69, 9.17) is 9.84 Å². The third-order valence-electron chi connectivity index (χ3n) is 3.52. The molecule has 0 bridgehead atoms. The number of anilines is 1. The highest BCUT2D eigenvalue weighted by Gasteiger charge is 2.39. The summed E-state index contributed by atoms with van der Waals surface area (Å²) in [5, 5.41) is 11.3. The normalized spacial score (nSPS) is 12.4. The molecule has 0 spiro atoms. The molecule has 0 aliphatic rings. The van der Waals surface area contributed by atoms with Crippen molar-refractivity contribution in [3.63, 3.8) is 0 Å². The Labute approximate surface area is 156 Å². The summed E-state index contributed by atoms with van der Waals surface area (Å²) < 4.78 is 69.6. The zero-order chi connectivity index (χ0) is 20.9. The van der Waals surface area contributed by atoms with Gasteiger partial charge in [0.1, 0.15) is 17.4 Å². The van der Waals surface area contributed by atoms with E-state index in [9.17, 15) is 26.7 Å². The van der Waals surface area contributed by atoms with Crippen molar-refractivity contribution in [2.24, 2.45) is 0 Å². The number of aromatic nitrogens is 1. The van der Waals surface area contributed by atoms with E-state index in [2.05, 4.69) is 10.3 Å². The van der Waals surface area contributed by atoms with Crippen molar-refractivity contribution in [1.29, 1.82) is 0 Å². The SMILES string of the molecule is CCN(C[C@@H](O)C(F)(F)F)C(=O)Nc1cc(Oc2cccc(F)c2)c(F)cn1. The summed E-state index contributed by atoms with van der Waals surface area (Å²) in [6.07, 6.45) is -6.87. The second-order valence-electron chi connectivity index (χ2n) is 5.59. The largest absolute Gasteiger partial charge is 0.454 e. The van der Waals surface area contributed by atoms with E-state index in [1.807, 2.05) is 0 Å². The first-order chi connectivity index (χ1) is 13.1. The van der Waals surface area contributed by atoms with Crippen molar-refractivity contribution in [3.8, 4) is 11.5 Å². The Morgan fingerprint density at radius 1 is 1.32 bits per heavy atom. The lowest BCUT2D eigenvalue weighted by atomic mass is 10.3. The number of aliphatic hydroxyl groups excluding tert-OH is 1. The number of nitrogens with zero attached hydrogens (tertiary/aromatic N) is 2. The van der Waals surface area contributed by atoms with Crippen LogP contribution in [0, 0.1) is 11.6 Å². The minimum absolute atomic E-state index is 0.00846. The van der Waals surface area contributed by atoms with Gasteiger partial charge in [0, 0.05) is 18.7 Å². The fraction of sp³-hybridized carbons (Fsp3) is 0.294. The molecule has 152 valence electrons. The molecule has 6 nitrogen and oxygen atoms in total. The molecule has 2 rings (SSSR count). The maximum absolute atomic E-state index is 13.9. The fourth-order valence-electron chi connectivity index (χ4n) is 2.08. The number of halogens is 5. The number of pyridine rings is 1. The van der Waals surface area contributed by atoms with Gasteiger partial charge in [0.2, 0.25) is 0 Å². The lowest BCUT2D eigenvalue weighted by Crippen LogP contribution is -2.45. The van der Waals surface area contributed by atoms with Gasteiger partial charge in [-0.05, 0) is 19.1 Å². The minimum atomic E-state index is -4.88. The molecule has 11 heteroatoms. The predicted molar refractivity (Wildman–Crippen MR) is 89.0 cm³/mol. The molecule has 2 aromatic rings. The average Bonchev–Trinajstić information content (AvgIpc) is 2.61. The number of alkyl halides is 3. The Morgan fingerprint density at radius 2 is 2.04 bits per heavy atom. The molecule has 0 aliphatic heterocycles. The van der Waals surface area contributed by atoms with Crippen LogP contribution in [-0.4, -0.2) is 46.4 Å². The molecule has 28 heavy (non-hydrogen) atoms. The summed E-state index contributed by atoms with van der Waals surface area (Å²) in [4.78, 5) is 16.4. The summed E-state index contributed by atoms with van der Waals surface area (Å²) in [7, 11) is 0. The van der Waals surface area contributed by atoms with Crippen LogP contribution in [0.5, 0.6) is 11.5 Å². The van der Waals surface area contributed by atoms with Gasteiger partial charge in [-0.1, -0.05) is 6.07 Å². The number of rotatable bonds is 6. The smallest absolute Gasteiger partial charge is 0.416 e. The second kappa shape index (κ2) is 8.83. The first-order valence-electron chi connectivity index (χ1n) is 7.99. The second-order valence-corrected chi connectivity index (χ2v) is 5.59. The van der Waals surface area contributed by atoms with Crippen LogP contribution < -0.4 is 10.1 Å². The number of carbonyl (C=O) groups excluding carboxylic acids is 1. The van der Waals surface area contributed by atoms with E-state index in [0.29, 0.717) is 4.90 Å². The van der Waals surface area contributed by atoms with Crippen LogP contribution in [0.15, 0.2) is 36.5 Å². The van der Waals surface area contributed by atoms with Crippen molar-refractivity contribution >= 4 is 11.8 Å². The molecule has 1 atom stereocenters. The van der Waals surface area contributed by atoms with Gasteiger partial charge in [0.05, 0.1) is 12.7 Å². The quantitative estimate of drug-likeness (QED) is 0.715. The van der Waals surface area contributed by atoms with Crippen LogP contribution in [0.25, 0.3) is 0 Å². The standard InChI is InChI=1S/C17H16F5N3O3/c1-2-25(9-14(26)17(20,21)22)16(27)24-15-7-13(12(19)8-23-15)28-11-5-3-4-10(18)6-11/h3-8,14,26H,2,9H2,1H3,(H,23,24,27)/t14-/m1/s1. The Bertz CT molecular complexity index is 832. The van der Waals surface area contributed by atoms with Crippen LogP contribution in [0.1, 0.15) is 6.92 Å². The Kier molecular flexibility index (Phi) is 6.73. The van der Waals surface area contributed by atoms with Crippen LogP contribution in [0.3, 0.4) is 0 Å². The van der Waals surface area contributed by atoms with Crippen molar-refractivity contribution in [2.75, 3.05) is 18.4 Å². The van der Waals surface area contributed by atoms with Crippen molar-refractivity contribution < 1.29 is 36.6 Å². The zero-order valence-electron chi connectivity index (χ0n) is 14.5. The van der Waals surface area contributed by atoms with E-state index < -0.39 is 36.5 Å². The number of carbonyl (C=O) groups is 1. The number of amides is 2. The molecule has 0 saturated carbocycles. The highest BCUT2D eigenvalue weighted by molar-refractivity contribution is 5.88. The van der Waals surface area contributed by atoms with Gasteiger partial charge in [-0.2, -0.15) is 13.2 Å². The van der Waals surface area contributed by atoms with Crippen molar-refractivity contribution in [3.05, 3.63) is 48.2 Å². The summed E-state index contributed by atoms with van der Waals surface area (Å²) in [6, 6.07) is 4.90. The first kappa shape index (κ1) is 21.4. The van der Waals surface area contributed by atoms with Gasteiger partial charge in [-0.15, -0.1) is 0 Å². The molecule has 0 radical (unpaired) electrons. The number of benzene rings is 1. The average molecular weight is 405 g/mol. The highest BCUT2D eigenvalue weighted by atomic mass is 19.4. The number of ether oxygens (including phenoxy) is 1. The molecule has 2 amide bonds. The minimum Gasteiger partial charge on any atom is -0.454 e. The van der Waals surface area contributed by atoms with Crippen LogP contribution >= 0.6 is 0 Å². The third kappa shape index (κ3) is 5.78. The number of urea groups is 1. The van der Waals surface area contributed by atoms with Gasteiger partial charge in [-0.25, -0.2) is 18.6 Å². The number of aliphatic hydroxyl groups is 1. The molecule has 0 aliphatic carbocycles. The molecule has 0 saturated heterocycles. The Hall–Kier alpha value is -2.95. The predicted octanol–water partition coefficient (Wildman–Crippen LogP) is 3.93. The first-order valence-corrected chi connectivity index (χ1v) is 7.99. The highest BCUT2D eigenvalue weighted by Crippen LogP contribution is 2.27. The van der Waals surface area contributed by atoms with Crippen LogP contribution in [0.4, 0.5) is 32.6 Å². The molecule has 1 aromatic carbocycles. The summed E-state index contributed by atoms with van der Waals surface area (Å²) in [5.41, 5.74) is 0. The number of hydrogen-bond acceptors (Lipinski definition) is 4. The van der Waals surface area contributed by atoms with Crippen LogP contribution in [0.2, 0.25) is 0 Å². The van der Waals surface area contributed by atoms with Gasteiger partial charge < -0.3 is 14.7 Å². The zero-order valence-corrected chi connectivity index (χ0v) is 14.5. The lowest BCUT2D eigenvalue weighted by molar-refractivity contribution is -0.206. The Balaban J connectivity index is 2.11. The molecule has 1 aromatic heterocycles. The van der Waals surface area contributed by atoms with Crippen LogP contribution in [-0.2, 0) is 0 Å². The molecule has 0 unspecified atom stereocenters. The van der Waals surface area contributed by atoms with E-state index in [-0.39, 0.29) is 23.9 Å². The number of hydrogen-bond donors (Lipinski definition) is 2. The lowest BCUT2D eigenvalue weighted by Gasteiger charge is -2.25. The van der Waals surface area contributed by atoms with E-state index in [1.54, 1.807) is 0 Å². The summed E-state index contributed by atoms with van der Waals surface area (Å²) in [5.74, 6) is -2.11. The van der Waals surface area contributed by atoms with E-state index in [0.717, 1.165) is 24.4 Å². The van der Waals surface area contributed by atoms with Gasteiger partial charge in [0.15, 0.2) is 17.7 Å². The molecule has 0 fully saturated rings. The fourth-order valence-corrected chi connectivity index (χ4v) is 2.08. The van der Waals surface area contributed by atoms with Crippen molar-refractivity contribution in [1.82, 2.24) is 9.88 Å².